The molecule has 1 aromatic carbocycles. The maximum absolute atomic E-state index is 12.1. The highest BCUT2D eigenvalue weighted by molar-refractivity contribution is 7.99. The number of amides is 2. The van der Waals surface area contributed by atoms with Crippen molar-refractivity contribution in [1.82, 2.24) is 5.32 Å². The quantitative estimate of drug-likeness (QED) is 0.814. The molecule has 2 aliphatic rings. The van der Waals surface area contributed by atoms with Gasteiger partial charge in [0.15, 0.2) is 0 Å². The fraction of sp³-hybridized carbons (Fsp3) is 0.556. The zero-order valence-corrected chi connectivity index (χ0v) is 14.2. The van der Waals surface area contributed by atoms with Crippen LogP contribution in [-0.4, -0.2) is 35.9 Å². The van der Waals surface area contributed by atoms with Gasteiger partial charge in [-0.2, -0.15) is 11.8 Å². The van der Waals surface area contributed by atoms with Crippen molar-refractivity contribution >= 4 is 29.3 Å². The minimum absolute atomic E-state index is 0.0312. The van der Waals surface area contributed by atoms with Crippen molar-refractivity contribution in [2.75, 3.05) is 23.7 Å². The summed E-state index contributed by atoms with van der Waals surface area (Å²) in [4.78, 5) is 25.6. The summed E-state index contributed by atoms with van der Waals surface area (Å²) < 4.78 is 0. The first-order valence-electron chi connectivity index (χ1n) is 8.54. The summed E-state index contributed by atoms with van der Waals surface area (Å²) in [5.74, 6) is 1.12. The Kier molecular flexibility index (Phi) is 5.60. The van der Waals surface area contributed by atoms with Crippen LogP contribution < -0.4 is 10.2 Å². The molecule has 1 N–H and O–H groups in total. The third-order valence-electron chi connectivity index (χ3n) is 4.56. The lowest BCUT2D eigenvalue weighted by molar-refractivity contribution is -0.117. The van der Waals surface area contributed by atoms with Gasteiger partial charge >= 0.3 is 0 Å². The van der Waals surface area contributed by atoms with Crippen LogP contribution in [0, 0.1) is 0 Å². The van der Waals surface area contributed by atoms with Crippen LogP contribution >= 0.6 is 11.8 Å². The molecule has 2 fully saturated rings. The smallest absolute Gasteiger partial charge is 0.251 e. The van der Waals surface area contributed by atoms with Crippen LogP contribution in [-0.2, 0) is 4.79 Å². The highest BCUT2D eigenvalue weighted by atomic mass is 32.2. The lowest BCUT2D eigenvalue weighted by Crippen LogP contribution is -2.26. The third kappa shape index (κ3) is 4.28. The van der Waals surface area contributed by atoms with E-state index in [0.29, 0.717) is 18.5 Å². The first kappa shape index (κ1) is 16.4. The molecule has 124 valence electrons. The summed E-state index contributed by atoms with van der Waals surface area (Å²) >= 11 is 1.98. The fourth-order valence-electron chi connectivity index (χ4n) is 3.26. The lowest BCUT2D eigenvalue weighted by Gasteiger charge is -2.16. The van der Waals surface area contributed by atoms with Gasteiger partial charge < -0.3 is 10.2 Å². The second kappa shape index (κ2) is 7.86. The zero-order valence-electron chi connectivity index (χ0n) is 13.4. The average molecular weight is 332 g/mol. The first-order chi connectivity index (χ1) is 11.2. The monoisotopic (exact) mass is 332 g/mol. The minimum atomic E-state index is -0.0312. The molecule has 1 heterocycles. The molecule has 0 radical (unpaired) electrons. The molecule has 0 bridgehead atoms. The number of carbonyl (C=O) groups excluding carboxylic acids is 2. The van der Waals surface area contributed by atoms with Crippen molar-refractivity contribution < 1.29 is 9.59 Å². The van der Waals surface area contributed by atoms with Gasteiger partial charge in [0.2, 0.25) is 5.91 Å². The Morgan fingerprint density at radius 2 is 1.91 bits per heavy atom. The van der Waals surface area contributed by atoms with Gasteiger partial charge in [-0.25, -0.2) is 0 Å². The number of benzene rings is 1. The van der Waals surface area contributed by atoms with Crippen molar-refractivity contribution in [2.24, 2.45) is 0 Å². The lowest BCUT2D eigenvalue weighted by atomic mass is 10.2. The molecule has 1 aromatic rings. The van der Waals surface area contributed by atoms with Gasteiger partial charge in [0.25, 0.3) is 5.91 Å². The van der Waals surface area contributed by atoms with Crippen molar-refractivity contribution in [3.63, 3.8) is 0 Å². The summed E-state index contributed by atoms with van der Waals surface area (Å²) in [5.41, 5.74) is 1.55. The van der Waals surface area contributed by atoms with E-state index in [4.69, 9.17) is 0 Å². The molecule has 0 spiro atoms. The topological polar surface area (TPSA) is 49.4 Å². The predicted octanol–water partition coefficient (Wildman–Crippen LogP) is 3.22. The van der Waals surface area contributed by atoms with Crippen molar-refractivity contribution in [3.05, 3.63) is 29.8 Å². The van der Waals surface area contributed by atoms with Crippen molar-refractivity contribution in [1.29, 1.82) is 0 Å². The van der Waals surface area contributed by atoms with Crippen LogP contribution in [0.4, 0.5) is 5.69 Å². The Hall–Kier alpha value is -1.49. The maximum atomic E-state index is 12.1. The number of anilines is 1. The molecule has 0 aromatic heterocycles. The van der Waals surface area contributed by atoms with Gasteiger partial charge in [0.1, 0.15) is 0 Å². The van der Waals surface area contributed by atoms with Gasteiger partial charge in [-0.3, -0.25) is 9.59 Å². The van der Waals surface area contributed by atoms with E-state index in [1.165, 1.54) is 25.7 Å². The molecule has 0 unspecified atom stereocenters. The van der Waals surface area contributed by atoms with Crippen LogP contribution in [0.2, 0.25) is 0 Å². The number of nitrogens with one attached hydrogen (secondary N) is 1. The minimum Gasteiger partial charge on any atom is -0.351 e. The Morgan fingerprint density at radius 1 is 1.17 bits per heavy atom. The summed E-state index contributed by atoms with van der Waals surface area (Å²) in [5, 5.41) is 3.78. The highest BCUT2D eigenvalue weighted by Crippen LogP contribution is 2.28. The van der Waals surface area contributed by atoms with Gasteiger partial charge in [-0.05, 0) is 43.5 Å². The van der Waals surface area contributed by atoms with Crippen LogP contribution in [0.25, 0.3) is 0 Å². The molecule has 4 nitrogen and oxygen atoms in total. The van der Waals surface area contributed by atoms with E-state index in [1.807, 2.05) is 23.9 Å². The van der Waals surface area contributed by atoms with Crippen LogP contribution in [0.3, 0.4) is 0 Å². The second-order valence-electron chi connectivity index (χ2n) is 6.23. The predicted molar refractivity (Wildman–Crippen MR) is 95.1 cm³/mol. The number of carbonyl (C=O) groups is 2. The third-order valence-corrected chi connectivity index (χ3v) is 5.94. The number of rotatable bonds is 6. The van der Waals surface area contributed by atoms with Gasteiger partial charge in [-0.1, -0.05) is 12.8 Å². The summed E-state index contributed by atoms with van der Waals surface area (Å²) in [7, 11) is 0. The standard InChI is InChI=1S/C18H24N2O2S/c21-17-6-3-12-20(17)15-9-7-14(8-10-15)18(22)19-11-13-23-16-4-1-2-5-16/h7-10,16H,1-6,11-13H2,(H,19,22). The van der Waals surface area contributed by atoms with Crippen LogP contribution in [0.1, 0.15) is 48.9 Å². The average Bonchev–Trinajstić information content (AvgIpc) is 3.23. The second-order valence-corrected chi connectivity index (χ2v) is 7.64. The molecule has 0 atom stereocenters. The Bertz CT molecular complexity index is 553. The SMILES string of the molecule is O=C(NCCSC1CCCC1)c1ccc(N2CCCC2=O)cc1. The number of nitrogens with zero attached hydrogens (tertiary/aromatic N) is 1. The van der Waals surface area contributed by atoms with Gasteiger partial charge in [0.05, 0.1) is 0 Å². The summed E-state index contributed by atoms with van der Waals surface area (Å²) in [6.45, 7) is 1.50. The van der Waals surface area contributed by atoms with E-state index in [0.717, 1.165) is 29.7 Å². The maximum Gasteiger partial charge on any atom is 0.251 e. The van der Waals surface area contributed by atoms with Gasteiger partial charge in [-0.15, -0.1) is 0 Å². The Morgan fingerprint density at radius 3 is 2.57 bits per heavy atom. The van der Waals surface area contributed by atoms with E-state index < -0.39 is 0 Å². The molecular formula is C18H24N2O2S. The largest absolute Gasteiger partial charge is 0.351 e. The molecule has 23 heavy (non-hydrogen) atoms. The van der Waals surface area contributed by atoms with E-state index in [2.05, 4.69) is 5.32 Å². The van der Waals surface area contributed by atoms with Crippen LogP contribution in [0.15, 0.2) is 24.3 Å². The van der Waals surface area contributed by atoms with Crippen molar-refractivity contribution in [3.8, 4) is 0 Å². The molecule has 1 aliphatic heterocycles. The Balaban J connectivity index is 1.44. The van der Waals surface area contributed by atoms with E-state index in [-0.39, 0.29) is 11.8 Å². The molecule has 3 rings (SSSR count). The van der Waals surface area contributed by atoms with E-state index >= 15 is 0 Å². The number of thioether (sulfide) groups is 1. The number of hydrogen-bond donors (Lipinski definition) is 1. The molecule has 5 heteroatoms. The normalized spacial score (nSPS) is 18.6. The number of hydrogen-bond acceptors (Lipinski definition) is 3. The molecule has 2 amide bonds. The summed E-state index contributed by atoms with van der Waals surface area (Å²) in [6, 6.07) is 7.34. The zero-order chi connectivity index (χ0) is 16.1. The van der Waals surface area contributed by atoms with E-state index in [9.17, 15) is 9.59 Å². The molecule has 1 saturated carbocycles. The molecule has 1 saturated heterocycles. The van der Waals surface area contributed by atoms with Crippen LogP contribution in [0.5, 0.6) is 0 Å². The first-order valence-corrected chi connectivity index (χ1v) is 9.59. The van der Waals surface area contributed by atoms with Crippen molar-refractivity contribution in [2.45, 2.75) is 43.8 Å². The van der Waals surface area contributed by atoms with Gasteiger partial charge in [0, 0.05) is 41.8 Å². The van der Waals surface area contributed by atoms with E-state index in [1.54, 1.807) is 17.0 Å². The fourth-order valence-corrected chi connectivity index (χ4v) is 4.48. The summed E-state index contributed by atoms with van der Waals surface area (Å²) in [6.07, 6.45) is 6.91. The molecule has 1 aliphatic carbocycles. The highest BCUT2D eigenvalue weighted by Gasteiger charge is 2.21. The Labute approximate surface area is 142 Å². The molecular weight excluding hydrogens is 308 g/mol.